The minimum atomic E-state index is 0.499. The molecule has 2 nitrogen and oxygen atoms in total. The van der Waals surface area contributed by atoms with Crippen LogP contribution in [0.5, 0.6) is 5.75 Å². The lowest BCUT2D eigenvalue weighted by Crippen LogP contribution is -2.24. The molecule has 0 spiro atoms. The largest absolute Gasteiger partial charge is 0.493 e. The molecule has 1 atom stereocenters. The molecule has 2 aromatic carbocycles. The van der Waals surface area contributed by atoms with Crippen LogP contribution in [-0.4, -0.2) is 6.61 Å². The molecule has 1 aliphatic heterocycles. The Bertz CT molecular complexity index is 650. The van der Waals surface area contributed by atoms with Crippen molar-refractivity contribution >= 4 is 0 Å². The first-order chi connectivity index (χ1) is 10.4. The Morgan fingerprint density at radius 1 is 1.05 bits per heavy atom. The van der Waals surface area contributed by atoms with E-state index in [4.69, 9.17) is 4.74 Å². The molecule has 0 aromatic heterocycles. The average molecular weight is 279 g/mol. The molecule has 21 heavy (non-hydrogen) atoms. The second-order valence-electron chi connectivity index (χ2n) is 6.07. The van der Waals surface area contributed by atoms with Crippen LogP contribution in [0.2, 0.25) is 0 Å². The van der Waals surface area contributed by atoms with Crippen molar-refractivity contribution in [2.24, 2.45) is 0 Å². The number of hydrogen-bond acceptors (Lipinski definition) is 2. The predicted molar refractivity (Wildman–Crippen MR) is 84.6 cm³/mol. The van der Waals surface area contributed by atoms with Crippen molar-refractivity contribution in [3.8, 4) is 5.75 Å². The van der Waals surface area contributed by atoms with E-state index < -0.39 is 0 Å². The van der Waals surface area contributed by atoms with Gasteiger partial charge in [0, 0.05) is 19.0 Å². The summed E-state index contributed by atoms with van der Waals surface area (Å²) in [6.45, 7) is 1.77. The minimum Gasteiger partial charge on any atom is -0.493 e. The zero-order valence-electron chi connectivity index (χ0n) is 12.3. The van der Waals surface area contributed by atoms with Crippen molar-refractivity contribution < 1.29 is 4.74 Å². The van der Waals surface area contributed by atoms with Gasteiger partial charge in [-0.05, 0) is 47.6 Å². The molecule has 1 aliphatic carbocycles. The third kappa shape index (κ3) is 2.56. The summed E-state index contributed by atoms with van der Waals surface area (Å²) in [7, 11) is 0. The van der Waals surface area contributed by atoms with Gasteiger partial charge in [0.15, 0.2) is 0 Å². The van der Waals surface area contributed by atoms with Crippen LogP contribution < -0.4 is 10.1 Å². The van der Waals surface area contributed by atoms with Crippen LogP contribution >= 0.6 is 0 Å². The summed E-state index contributed by atoms with van der Waals surface area (Å²) in [4.78, 5) is 0. The van der Waals surface area contributed by atoms with Gasteiger partial charge in [-0.25, -0.2) is 0 Å². The van der Waals surface area contributed by atoms with E-state index in [9.17, 15) is 0 Å². The summed E-state index contributed by atoms with van der Waals surface area (Å²) < 4.78 is 5.57. The Morgan fingerprint density at radius 2 is 2.00 bits per heavy atom. The van der Waals surface area contributed by atoms with Crippen LogP contribution in [0.25, 0.3) is 0 Å². The monoisotopic (exact) mass is 279 g/mol. The molecule has 0 fully saturated rings. The first-order valence-electron chi connectivity index (χ1n) is 7.96. The summed E-state index contributed by atoms with van der Waals surface area (Å²) in [5.74, 6) is 1.07. The second-order valence-corrected chi connectivity index (χ2v) is 6.07. The van der Waals surface area contributed by atoms with E-state index in [-0.39, 0.29) is 0 Å². The summed E-state index contributed by atoms with van der Waals surface area (Å²) in [6, 6.07) is 16.0. The number of benzene rings is 2. The molecule has 1 N–H and O–H groups in total. The molecule has 0 saturated heterocycles. The maximum Gasteiger partial charge on any atom is 0.122 e. The highest BCUT2D eigenvalue weighted by atomic mass is 16.5. The van der Waals surface area contributed by atoms with Gasteiger partial charge in [0.05, 0.1) is 6.61 Å². The highest BCUT2D eigenvalue weighted by Crippen LogP contribution is 2.30. The SMILES string of the molecule is c1ccc2c(c1)CCCC2NCc1ccc2c(c1)CCO2. The maximum absolute atomic E-state index is 5.57. The van der Waals surface area contributed by atoms with Gasteiger partial charge in [0.25, 0.3) is 0 Å². The second kappa shape index (κ2) is 5.53. The summed E-state index contributed by atoms with van der Waals surface area (Å²) in [6.07, 6.45) is 4.80. The Morgan fingerprint density at radius 3 is 3.00 bits per heavy atom. The van der Waals surface area contributed by atoms with E-state index in [0.29, 0.717) is 6.04 Å². The Balaban J connectivity index is 1.48. The van der Waals surface area contributed by atoms with Crippen LogP contribution in [0, 0.1) is 0 Å². The van der Waals surface area contributed by atoms with Gasteiger partial charge in [-0.1, -0.05) is 36.4 Å². The van der Waals surface area contributed by atoms with Crippen LogP contribution in [0.4, 0.5) is 0 Å². The molecule has 4 rings (SSSR count). The number of ether oxygens (including phenoxy) is 1. The van der Waals surface area contributed by atoms with Crippen LogP contribution in [-0.2, 0) is 19.4 Å². The molecule has 1 unspecified atom stereocenters. The van der Waals surface area contributed by atoms with Gasteiger partial charge >= 0.3 is 0 Å². The van der Waals surface area contributed by atoms with Crippen molar-refractivity contribution in [3.05, 3.63) is 64.7 Å². The van der Waals surface area contributed by atoms with Crippen LogP contribution in [0.3, 0.4) is 0 Å². The molecular weight excluding hydrogens is 258 g/mol. The average Bonchev–Trinajstić information content (AvgIpc) is 3.00. The first kappa shape index (κ1) is 12.9. The van der Waals surface area contributed by atoms with Gasteiger partial charge in [-0.3, -0.25) is 0 Å². The quantitative estimate of drug-likeness (QED) is 0.923. The number of nitrogens with one attached hydrogen (secondary N) is 1. The van der Waals surface area contributed by atoms with Crippen molar-refractivity contribution in [1.82, 2.24) is 5.32 Å². The van der Waals surface area contributed by atoms with Gasteiger partial charge in [-0.15, -0.1) is 0 Å². The standard InChI is InChI=1S/C19H21NO/c1-2-6-17-15(4-1)5-3-7-18(17)20-13-14-8-9-19-16(12-14)10-11-21-19/h1-2,4,6,8-9,12,18,20H,3,5,7,10-11,13H2. The fourth-order valence-corrected chi connectivity index (χ4v) is 3.56. The Hall–Kier alpha value is -1.80. The van der Waals surface area contributed by atoms with E-state index in [0.717, 1.165) is 25.3 Å². The minimum absolute atomic E-state index is 0.499. The number of hydrogen-bond donors (Lipinski definition) is 1. The van der Waals surface area contributed by atoms with Gasteiger partial charge in [0.1, 0.15) is 5.75 Å². The fourth-order valence-electron chi connectivity index (χ4n) is 3.56. The summed E-state index contributed by atoms with van der Waals surface area (Å²) in [5.41, 5.74) is 5.73. The lowest BCUT2D eigenvalue weighted by molar-refractivity contribution is 0.357. The molecule has 108 valence electrons. The molecule has 2 aliphatic rings. The van der Waals surface area contributed by atoms with Crippen molar-refractivity contribution in [1.29, 1.82) is 0 Å². The van der Waals surface area contributed by atoms with Crippen LogP contribution in [0.15, 0.2) is 42.5 Å². The fraction of sp³-hybridized carbons (Fsp3) is 0.368. The summed E-state index contributed by atoms with van der Waals surface area (Å²) >= 11 is 0. The molecule has 1 heterocycles. The third-order valence-electron chi connectivity index (χ3n) is 4.68. The smallest absolute Gasteiger partial charge is 0.122 e. The molecule has 0 bridgehead atoms. The Labute approximate surface area is 126 Å². The lowest BCUT2D eigenvalue weighted by atomic mass is 9.87. The van der Waals surface area contributed by atoms with Gasteiger partial charge in [0.2, 0.25) is 0 Å². The molecule has 0 saturated carbocycles. The van der Waals surface area contributed by atoms with Gasteiger partial charge < -0.3 is 10.1 Å². The van der Waals surface area contributed by atoms with Crippen molar-refractivity contribution in [2.45, 2.75) is 38.3 Å². The third-order valence-corrected chi connectivity index (χ3v) is 4.68. The number of fused-ring (bicyclic) bond motifs is 2. The first-order valence-corrected chi connectivity index (χ1v) is 7.96. The lowest BCUT2D eigenvalue weighted by Gasteiger charge is -2.26. The van der Waals surface area contributed by atoms with E-state index in [1.807, 2.05) is 0 Å². The zero-order chi connectivity index (χ0) is 14.1. The topological polar surface area (TPSA) is 21.3 Å². The zero-order valence-corrected chi connectivity index (χ0v) is 12.3. The van der Waals surface area contributed by atoms with E-state index in [2.05, 4.69) is 47.8 Å². The highest BCUT2D eigenvalue weighted by Gasteiger charge is 2.19. The van der Waals surface area contributed by atoms with E-state index in [1.54, 1.807) is 0 Å². The molecular formula is C19H21NO. The molecule has 0 amide bonds. The molecule has 2 aromatic rings. The van der Waals surface area contributed by atoms with E-state index >= 15 is 0 Å². The van der Waals surface area contributed by atoms with Gasteiger partial charge in [-0.2, -0.15) is 0 Å². The predicted octanol–water partition coefficient (Wildman–Crippen LogP) is 3.79. The van der Waals surface area contributed by atoms with Crippen LogP contribution in [0.1, 0.15) is 41.1 Å². The molecule has 2 heteroatoms. The highest BCUT2D eigenvalue weighted by molar-refractivity contribution is 5.40. The van der Waals surface area contributed by atoms with Crippen molar-refractivity contribution in [3.63, 3.8) is 0 Å². The Kier molecular flexibility index (Phi) is 3.40. The normalized spacial score (nSPS) is 19.7. The maximum atomic E-state index is 5.57. The molecule has 0 radical (unpaired) electrons. The summed E-state index contributed by atoms with van der Waals surface area (Å²) in [5, 5.41) is 3.74. The van der Waals surface area contributed by atoms with E-state index in [1.165, 1.54) is 41.5 Å². The number of rotatable bonds is 3. The number of aryl methyl sites for hydroxylation is 1. The van der Waals surface area contributed by atoms with Crippen molar-refractivity contribution in [2.75, 3.05) is 6.61 Å².